The molecule has 1 fully saturated rings. The van der Waals surface area contributed by atoms with Gasteiger partial charge in [0.05, 0.1) is 12.7 Å². The average Bonchev–Trinajstić information content (AvgIpc) is 2.45. The second-order valence-corrected chi connectivity index (χ2v) is 2.23. The number of hydrogen-bond acceptors (Lipinski definition) is 2. The second-order valence-electron chi connectivity index (χ2n) is 2.23. The minimum atomic E-state index is -0.194. The standard InChI is InChI=1S/C6H12O2/c1-2-3-5(7)6-4-8-6/h5-7H,2-4H2,1H3/t5-,6?/m1/s1. The van der Waals surface area contributed by atoms with Gasteiger partial charge in [-0.1, -0.05) is 13.3 Å². The van der Waals surface area contributed by atoms with Crippen LogP contribution in [0.3, 0.4) is 0 Å². The van der Waals surface area contributed by atoms with Crippen molar-refractivity contribution in [3.63, 3.8) is 0 Å². The molecule has 2 nitrogen and oxygen atoms in total. The van der Waals surface area contributed by atoms with E-state index in [1.54, 1.807) is 0 Å². The van der Waals surface area contributed by atoms with Crippen LogP contribution in [0.4, 0.5) is 0 Å². The van der Waals surface area contributed by atoms with Crippen LogP contribution in [0.15, 0.2) is 0 Å². The smallest absolute Gasteiger partial charge is 0.107 e. The van der Waals surface area contributed by atoms with Crippen molar-refractivity contribution in [1.82, 2.24) is 0 Å². The summed E-state index contributed by atoms with van der Waals surface area (Å²) in [4.78, 5) is 0. The van der Waals surface area contributed by atoms with Crippen molar-refractivity contribution in [2.24, 2.45) is 0 Å². The van der Waals surface area contributed by atoms with Crippen LogP contribution >= 0.6 is 0 Å². The SMILES string of the molecule is CCC[C@@H](O)C1CO1. The van der Waals surface area contributed by atoms with Crippen LogP contribution in [0.1, 0.15) is 19.8 Å². The van der Waals surface area contributed by atoms with Crippen molar-refractivity contribution in [3.8, 4) is 0 Å². The molecule has 1 N–H and O–H groups in total. The van der Waals surface area contributed by atoms with Crippen LogP contribution in [-0.2, 0) is 4.74 Å². The maximum Gasteiger partial charge on any atom is 0.107 e. The molecule has 1 aliphatic rings. The fraction of sp³-hybridized carbons (Fsp3) is 1.00. The Kier molecular flexibility index (Phi) is 1.86. The number of rotatable bonds is 3. The molecule has 0 aromatic heterocycles. The van der Waals surface area contributed by atoms with Crippen molar-refractivity contribution >= 4 is 0 Å². The summed E-state index contributed by atoms with van der Waals surface area (Å²) >= 11 is 0. The Morgan fingerprint density at radius 3 is 2.88 bits per heavy atom. The fourth-order valence-electron chi connectivity index (χ4n) is 0.759. The highest BCUT2D eigenvalue weighted by Crippen LogP contribution is 2.16. The van der Waals surface area contributed by atoms with Gasteiger partial charge in [-0.3, -0.25) is 0 Å². The first-order valence-corrected chi connectivity index (χ1v) is 3.14. The third kappa shape index (κ3) is 1.46. The van der Waals surface area contributed by atoms with Crippen LogP contribution in [0.25, 0.3) is 0 Å². The fourth-order valence-corrected chi connectivity index (χ4v) is 0.759. The predicted molar refractivity (Wildman–Crippen MR) is 30.7 cm³/mol. The zero-order valence-corrected chi connectivity index (χ0v) is 5.13. The first-order valence-electron chi connectivity index (χ1n) is 3.14. The lowest BCUT2D eigenvalue weighted by atomic mass is 10.2. The molecular formula is C6H12O2. The van der Waals surface area contributed by atoms with Gasteiger partial charge in [-0.2, -0.15) is 0 Å². The lowest BCUT2D eigenvalue weighted by Gasteiger charge is -2.01. The van der Waals surface area contributed by atoms with Gasteiger partial charge in [0.25, 0.3) is 0 Å². The number of aliphatic hydroxyl groups is 1. The van der Waals surface area contributed by atoms with Crippen LogP contribution in [-0.4, -0.2) is 23.9 Å². The molecule has 0 spiro atoms. The topological polar surface area (TPSA) is 32.8 Å². The second kappa shape index (κ2) is 2.46. The molecule has 0 bridgehead atoms. The number of ether oxygens (including phenoxy) is 1. The summed E-state index contributed by atoms with van der Waals surface area (Å²) in [6.45, 7) is 2.83. The minimum absolute atomic E-state index is 0.176. The van der Waals surface area contributed by atoms with E-state index in [4.69, 9.17) is 9.84 Å². The summed E-state index contributed by atoms with van der Waals surface area (Å²) in [5, 5.41) is 9.06. The molecular weight excluding hydrogens is 104 g/mol. The van der Waals surface area contributed by atoms with E-state index in [1.807, 2.05) is 0 Å². The van der Waals surface area contributed by atoms with Crippen molar-refractivity contribution in [2.75, 3.05) is 6.61 Å². The van der Waals surface area contributed by atoms with Crippen molar-refractivity contribution in [1.29, 1.82) is 0 Å². The van der Waals surface area contributed by atoms with E-state index < -0.39 is 0 Å². The van der Waals surface area contributed by atoms with Crippen molar-refractivity contribution in [2.45, 2.75) is 32.0 Å². The van der Waals surface area contributed by atoms with Gasteiger partial charge in [0.2, 0.25) is 0 Å². The highest BCUT2D eigenvalue weighted by molar-refractivity contribution is 4.77. The van der Waals surface area contributed by atoms with Crippen LogP contribution < -0.4 is 0 Å². The molecule has 0 radical (unpaired) electrons. The lowest BCUT2D eigenvalue weighted by molar-refractivity contribution is 0.126. The quantitative estimate of drug-likeness (QED) is 0.546. The third-order valence-corrected chi connectivity index (χ3v) is 1.37. The molecule has 1 aliphatic heterocycles. The number of aliphatic hydroxyl groups excluding tert-OH is 1. The maximum atomic E-state index is 9.06. The Morgan fingerprint density at radius 2 is 2.50 bits per heavy atom. The lowest BCUT2D eigenvalue weighted by Crippen LogP contribution is -2.13. The highest BCUT2D eigenvalue weighted by Gasteiger charge is 2.29. The van der Waals surface area contributed by atoms with Gasteiger partial charge in [-0.05, 0) is 6.42 Å². The third-order valence-electron chi connectivity index (χ3n) is 1.37. The summed E-state index contributed by atoms with van der Waals surface area (Å²) in [6, 6.07) is 0. The molecule has 1 heterocycles. The maximum absolute atomic E-state index is 9.06. The van der Waals surface area contributed by atoms with E-state index in [0.717, 1.165) is 19.4 Å². The molecule has 2 atom stereocenters. The van der Waals surface area contributed by atoms with E-state index in [-0.39, 0.29) is 12.2 Å². The van der Waals surface area contributed by atoms with Gasteiger partial charge in [0.15, 0.2) is 0 Å². The molecule has 48 valence electrons. The predicted octanol–water partition coefficient (Wildman–Crippen LogP) is 0.546. The number of hydrogen-bond donors (Lipinski definition) is 1. The van der Waals surface area contributed by atoms with Crippen LogP contribution in [0.5, 0.6) is 0 Å². The first kappa shape index (κ1) is 6.05. The zero-order chi connectivity index (χ0) is 5.98. The zero-order valence-electron chi connectivity index (χ0n) is 5.13. The number of epoxide rings is 1. The Bertz CT molecular complexity index is 68.9. The Balaban J connectivity index is 2.03. The van der Waals surface area contributed by atoms with E-state index in [0.29, 0.717) is 0 Å². The molecule has 8 heavy (non-hydrogen) atoms. The van der Waals surface area contributed by atoms with Gasteiger partial charge >= 0.3 is 0 Å². The van der Waals surface area contributed by atoms with Gasteiger partial charge in [-0.15, -0.1) is 0 Å². The molecule has 0 saturated carbocycles. The summed E-state index contributed by atoms with van der Waals surface area (Å²) in [7, 11) is 0. The minimum Gasteiger partial charge on any atom is -0.390 e. The monoisotopic (exact) mass is 116 g/mol. The molecule has 0 aliphatic carbocycles. The molecule has 2 heteroatoms. The van der Waals surface area contributed by atoms with Crippen molar-refractivity contribution < 1.29 is 9.84 Å². The van der Waals surface area contributed by atoms with Crippen LogP contribution in [0.2, 0.25) is 0 Å². The Morgan fingerprint density at radius 1 is 1.88 bits per heavy atom. The normalized spacial score (nSPS) is 30.0. The van der Waals surface area contributed by atoms with E-state index in [9.17, 15) is 0 Å². The highest BCUT2D eigenvalue weighted by atomic mass is 16.6. The average molecular weight is 116 g/mol. The van der Waals surface area contributed by atoms with Gasteiger partial charge < -0.3 is 9.84 Å². The largest absolute Gasteiger partial charge is 0.390 e. The summed E-state index contributed by atoms with van der Waals surface area (Å²) in [6.07, 6.45) is 1.90. The van der Waals surface area contributed by atoms with Gasteiger partial charge in [-0.25, -0.2) is 0 Å². The van der Waals surface area contributed by atoms with Crippen LogP contribution in [0, 0.1) is 0 Å². The molecule has 1 unspecified atom stereocenters. The molecule has 0 aromatic carbocycles. The summed E-state index contributed by atoms with van der Waals surface area (Å²) in [5.74, 6) is 0. The Labute approximate surface area is 49.5 Å². The molecule has 1 rings (SSSR count). The molecule has 0 amide bonds. The van der Waals surface area contributed by atoms with Crippen molar-refractivity contribution in [3.05, 3.63) is 0 Å². The van der Waals surface area contributed by atoms with Gasteiger partial charge in [0, 0.05) is 0 Å². The Hall–Kier alpha value is -0.0800. The van der Waals surface area contributed by atoms with Gasteiger partial charge in [0.1, 0.15) is 6.10 Å². The first-order chi connectivity index (χ1) is 3.84. The molecule has 0 aromatic rings. The van der Waals surface area contributed by atoms with E-state index in [2.05, 4.69) is 6.92 Å². The molecule has 1 saturated heterocycles. The van der Waals surface area contributed by atoms with E-state index in [1.165, 1.54) is 0 Å². The summed E-state index contributed by atoms with van der Waals surface area (Å²) in [5.41, 5.74) is 0. The summed E-state index contributed by atoms with van der Waals surface area (Å²) < 4.78 is 4.87. The van der Waals surface area contributed by atoms with E-state index >= 15 is 0 Å².